The Kier molecular flexibility index (Phi) is 0.698. The van der Waals surface area contributed by atoms with Gasteiger partial charge in [0, 0.05) is 19.5 Å². The Morgan fingerprint density at radius 2 is 1.78 bits per heavy atom. The van der Waals surface area contributed by atoms with Gasteiger partial charge in [0.25, 0.3) is 5.92 Å². The number of nitrogens with zero attached hydrogens (tertiary/aromatic N) is 1. The molecule has 0 unspecified atom stereocenters. The Balaban J connectivity index is 2.03. The van der Waals surface area contributed by atoms with Gasteiger partial charge in [-0.1, -0.05) is 0 Å². The maximum Gasteiger partial charge on any atom is 0.257 e. The van der Waals surface area contributed by atoms with Crippen molar-refractivity contribution in [3.8, 4) is 0 Å². The molecule has 4 heteroatoms. The van der Waals surface area contributed by atoms with Crippen LogP contribution >= 0.6 is 0 Å². The van der Waals surface area contributed by atoms with Gasteiger partial charge in [-0.2, -0.15) is 0 Å². The molecule has 2 fully saturated rings. The van der Waals surface area contributed by atoms with Crippen LogP contribution in [-0.4, -0.2) is 24.0 Å². The molecule has 9 heavy (non-hydrogen) atoms. The van der Waals surface area contributed by atoms with Crippen molar-refractivity contribution in [2.45, 2.75) is 12.3 Å². The van der Waals surface area contributed by atoms with Gasteiger partial charge in [-0.25, -0.2) is 13.8 Å². The monoisotopic (exact) mass is 134 g/mol. The lowest BCUT2D eigenvalue weighted by Crippen LogP contribution is -2.54. The van der Waals surface area contributed by atoms with Gasteiger partial charge in [0.15, 0.2) is 0 Å². The summed E-state index contributed by atoms with van der Waals surface area (Å²) in [7, 11) is 0. The fraction of sp³-hybridized carbons (Fsp3) is 1.00. The summed E-state index contributed by atoms with van der Waals surface area (Å²) in [5.41, 5.74) is -0.693. The zero-order chi connectivity index (χ0) is 6.70. The highest BCUT2D eigenvalue weighted by Crippen LogP contribution is 2.64. The zero-order valence-corrected chi connectivity index (χ0v) is 4.90. The summed E-state index contributed by atoms with van der Waals surface area (Å²) in [4.78, 5) is 0. The van der Waals surface area contributed by atoms with E-state index in [1.165, 1.54) is 5.01 Å². The summed E-state index contributed by atoms with van der Waals surface area (Å²) in [5, 5.41) is 1.43. The molecule has 1 heterocycles. The van der Waals surface area contributed by atoms with Crippen LogP contribution in [0.5, 0.6) is 0 Å². The number of nitrogens with two attached hydrogens (primary N) is 1. The van der Waals surface area contributed by atoms with Gasteiger partial charge in [0.05, 0.1) is 5.41 Å². The maximum atomic E-state index is 12.3. The molecule has 0 aromatic rings. The van der Waals surface area contributed by atoms with E-state index in [0.29, 0.717) is 13.1 Å². The van der Waals surface area contributed by atoms with Crippen LogP contribution in [0.3, 0.4) is 0 Å². The van der Waals surface area contributed by atoms with E-state index in [1.807, 2.05) is 0 Å². The summed E-state index contributed by atoms with van der Waals surface area (Å²) in [6, 6.07) is 0. The molecule has 1 saturated carbocycles. The van der Waals surface area contributed by atoms with Crippen molar-refractivity contribution in [3.05, 3.63) is 0 Å². The molecule has 1 spiro atoms. The minimum atomic E-state index is -2.40. The Morgan fingerprint density at radius 3 is 1.89 bits per heavy atom. The van der Waals surface area contributed by atoms with Gasteiger partial charge >= 0.3 is 0 Å². The largest absolute Gasteiger partial charge is 0.269 e. The van der Waals surface area contributed by atoms with Crippen molar-refractivity contribution in [1.82, 2.24) is 5.01 Å². The Labute approximate surface area is 51.6 Å². The van der Waals surface area contributed by atoms with E-state index in [1.54, 1.807) is 0 Å². The first-order chi connectivity index (χ1) is 4.06. The lowest BCUT2D eigenvalue weighted by molar-refractivity contribution is -0.0245. The predicted molar refractivity (Wildman–Crippen MR) is 27.8 cm³/mol. The molecule has 52 valence electrons. The molecule has 0 aromatic carbocycles. The molecule has 0 amide bonds. The molecule has 0 aromatic heterocycles. The lowest BCUT2D eigenvalue weighted by atomic mass is 9.99. The summed E-state index contributed by atoms with van der Waals surface area (Å²) in [5.74, 6) is 2.82. The molecule has 0 atom stereocenters. The zero-order valence-electron chi connectivity index (χ0n) is 4.90. The summed E-state index contributed by atoms with van der Waals surface area (Å²) < 4.78 is 24.6. The van der Waals surface area contributed by atoms with Crippen LogP contribution in [0.1, 0.15) is 6.42 Å². The predicted octanol–water partition coefficient (Wildman–Crippen LogP) is 0.201. The fourth-order valence-corrected chi connectivity index (χ4v) is 1.46. The number of rotatable bonds is 0. The van der Waals surface area contributed by atoms with Crippen LogP contribution in [0.15, 0.2) is 0 Å². The van der Waals surface area contributed by atoms with Gasteiger partial charge in [-0.05, 0) is 0 Å². The standard InChI is InChI=1S/C5H8F2N2/c6-5(7)1-4(5)2-9(8)3-4/h1-3,8H2. The van der Waals surface area contributed by atoms with Crippen molar-refractivity contribution in [2.24, 2.45) is 11.3 Å². The highest BCUT2D eigenvalue weighted by molar-refractivity contribution is 5.17. The van der Waals surface area contributed by atoms with Crippen LogP contribution in [0.4, 0.5) is 8.78 Å². The third-order valence-electron chi connectivity index (χ3n) is 2.22. The minimum absolute atomic E-state index is 0.0493. The SMILES string of the molecule is NN1CC2(C1)CC2(F)F. The smallest absolute Gasteiger partial charge is 0.257 e. The van der Waals surface area contributed by atoms with E-state index in [-0.39, 0.29) is 6.42 Å². The second kappa shape index (κ2) is 1.13. The third-order valence-corrected chi connectivity index (χ3v) is 2.22. The molecule has 2 N–H and O–H groups in total. The van der Waals surface area contributed by atoms with E-state index >= 15 is 0 Å². The molecule has 2 nitrogen and oxygen atoms in total. The summed E-state index contributed by atoms with van der Waals surface area (Å²) >= 11 is 0. The second-order valence-corrected chi connectivity index (χ2v) is 3.07. The number of halogens is 2. The van der Waals surface area contributed by atoms with E-state index < -0.39 is 11.3 Å². The normalized spacial score (nSPS) is 36.3. The van der Waals surface area contributed by atoms with E-state index in [2.05, 4.69) is 0 Å². The van der Waals surface area contributed by atoms with Crippen molar-refractivity contribution in [1.29, 1.82) is 0 Å². The van der Waals surface area contributed by atoms with Crippen molar-refractivity contribution in [2.75, 3.05) is 13.1 Å². The number of alkyl halides is 2. The average molecular weight is 134 g/mol. The van der Waals surface area contributed by atoms with Gasteiger partial charge < -0.3 is 0 Å². The first-order valence-electron chi connectivity index (χ1n) is 2.93. The maximum absolute atomic E-state index is 12.3. The topological polar surface area (TPSA) is 29.3 Å². The summed E-state index contributed by atoms with van der Waals surface area (Å²) in [6.45, 7) is 0.750. The van der Waals surface area contributed by atoms with Crippen LogP contribution in [0.2, 0.25) is 0 Å². The number of hydrazine groups is 1. The molecule has 1 aliphatic carbocycles. The number of hydrogen-bond donors (Lipinski definition) is 1. The molecule has 1 saturated heterocycles. The molecular formula is C5H8F2N2. The summed E-state index contributed by atoms with van der Waals surface area (Å²) in [6.07, 6.45) is 0.0493. The van der Waals surface area contributed by atoms with Crippen molar-refractivity contribution < 1.29 is 8.78 Å². The number of hydrogen-bond acceptors (Lipinski definition) is 2. The quantitative estimate of drug-likeness (QED) is 0.479. The lowest BCUT2D eigenvalue weighted by Gasteiger charge is -2.35. The van der Waals surface area contributed by atoms with Crippen LogP contribution in [0.25, 0.3) is 0 Å². The van der Waals surface area contributed by atoms with E-state index in [9.17, 15) is 8.78 Å². The fourth-order valence-electron chi connectivity index (χ4n) is 1.46. The van der Waals surface area contributed by atoms with Crippen molar-refractivity contribution in [3.63, 3.8) is 0 Å². The third kappa shape index (κ3) is 0.501. The van der Waals surface area contributed by atoms with Gasteiger partial charge in [0.1, 0.15) is 0 Å². The van der Waals surface area contributed by atoms with Crippen molar-refractivity contribution >= 4 is 0 Å². The molecule has 2 rings (SSSR count). The van der Waals surface area contributed by atoms with E-state index in [4.69, 9.17) is 5.84 Å². The highest BCUT2D eigenvalue weighted by atomic mass is 19.3. The second-order valence-electron chi connectivity index (χ2n) is 3.07. The van der Waals surface area contributed by atoms with Gasteiger partial charge in [0.2, 0.25) is 0 Å². The Hall–Kier alpha value is -0.220. The van der Waals surface area contributed by atoms with Gasteiger partial charge in [-0.15, -0.1) is 0 Å². The molecule has 2 aliphatic rings. The molecule has 0 radical (unpaired) electrons. The Morgan fingerprint density at radius 1 is 1.33 bits per heavy atom. The van der Waals surface area contributed by atoms with Gasteiger partial charge in [-0.3, -0.25) is 5.84 Å². The first kappa shape index (κ1) is 5.56. The Bertz CT molecular complexity index is 151. The van der Waals surface area contributed by atoms with Crippen LogP contribution in [0, 0.1) is 5.41 Å². The molecule has 1 aliphatic heterocycles. The minimum Gasteiger partial charge on any atom is -0.269 e. The highest BCUT2D eigenvalue weighted by Gasteiger charge is 2.75. The molecular weight excluding hydrogens is 126 g/mol. The first-order valence-corrected chi connectivity index (χ1v) is 2.93. The van der Waals surface area contributed by atoms with Crippen LogP contribution < -0.4 is 5.84 Å². The molecule has 0 bridgehead atoms. The van der Waals surface area contributed by atoms with E-state index in [0.717, 1.165) is 0 Å². The van der Waals surface area contributed by atoms with Crippen LogP contribution in [-0.2, 0) is 0 Å². The average Bonchev–Trinajstić information content (AvgIpc) is 2.06.